The summed E-state index contributed by atoms with van der Waals surface area (Å²) in [6.45, 7) is 5.11. The summed E-state index contributed by atoms with van der Waals surface area (Å²) < 4.78 is 0. The fourth-order valence-electron chi connectivity index (χ4n) is 2.35. The highest BCUT2D eigenvalue weighted by atomic mass is 127. The van der Waals surface area contributed by atoms with Crippen LogP contribution >= 0.6 is 35.3 Å². The largest absolute Gasteiger partial charge is 0.356 e. The van der Waals surface area contributed by atoms with Crippen molar-refractivity contribution in [2.24, 2.45) is 4.99 Å². The maximum Gasteiger partial charge on any atom is 0.191 e. The molecule has 0 bridgehead atoms. The Labute approximate surface area is 166 Å². The molecule has 1 aromatic carbocycles. The van der Waals surface area contributed by atoms with E-state index >= 15 is 0 Å². The van der Waals surface area contributed by atoms with E-state index in [0.29, 0.717) is 0 Å². The Balaban J connectivity index is 0.00000288. The Kier molecular flexibility index (Phi) is 9.94. The van der Waals surface area contributed by atoms with E-state index in [1.165, 1.54) is 10.6 Å². The molecule has 24 heavy (non-hydrogen) atoms. The third-order valence-corrected chi connectivity index (χ3v) is 4.68. The van der Waals surface area contributed by atoms with Gasteiger partial charge in [-0.1, -0.05) is 30.3 Å². The van der Waals surface area contributed by atoms with Crippen LogP contribution in [-0.4, -0.2) is 24.5 Å². The Morgan fingerprint density at radius 2 is 2.00 bits per heavy atom. The smallest absolute Gasteiger partial charge is 0.191 e. The standard InChI is InChI=1S/C18H26N4S.HI/c1-14-13-23-17(21-14)11-7-8-12-20-18(19-3)22-15(2)16-9-5-4-6-10-16;/h4-6,9-10,13,15H,7-8,11-12H2,1-3H3,(H2,19,20,22);1H. The molecule has 2 N–H and O–H groups in total. The van der Waals surface area contributed by atoms with Crippen molar-refractivity contribution in [1.82, 2.24) is 15.6 Å². The molecule has 0 saturated carbocycles. The second kappa shape index (κ2) is 11.4. The SMILES string of the molecule is CN=C(NCCCCc1nc(C)cs1)NC(C)c1ccccc1.I. The molecule has 6 heteroatoms. The lowest BCUT2D eigenvalue weighted by molar-refractivity contribution is 0.658. The monoisotopic (exact) mass is 458 g/mol. The molecule has 0 spiro atoms. The number of thiazole rings is 1. The third-order valence-electron chi connectivity index (χ3n) is 3.65. The molecule has 2 rings (SSSR count). The van der Waals surface area contributed by atoms with Gasteiger partial charge in [-0.15, -0.1) is 35.3 Å². The Hall–Kier alpha value is -1.15. The molecule has 1 aromatic heterocycles. The first kappa shape index (κ1) is 20.9. The molecule has 0 saturated heterocycles. The van der Waals surface area contributed by atoms with Crippen LogP contribution in [0.5, 0.6) is 0 Å². The van der Waals surface area contributed by atoms with Gasteiger partial charge in [-0.2, -0.15) is 0 Å². The van der Waals surface area contributed by atoms with Gasteiger partial charge in [0.25, 0.3) is 0 Å². The van der Waals surface area contributed by atoms with Gasteiger partial charge in [-0.25, -0.2) is 4.98 Å². The molecule has 0 fully saturated rings. The zero-order valence-corrected chi connectivity index (χ0v) is 17.7. The van der Waals surface area contributed by atoms with Gasteiger partial charge in [0.15, 0.2) is 5.96 Å². The summed E-state index contributed by atoms with van der Waals surface area (Å²) in [5, 5.41) is 10.2. The van der Waals surface area contributed by atoms with Crippen LogP contribution in [0.2, 0.25) is 0 Å². The summed E-state index contributed by atoms with van der Waals surface area (Å²) in [6.07, 6.45) is 3.32. The van der Waals surface area contributed by atoms with Crippen LogP contribution in [0.4, 0.5) is 0 Å². The molecule has 0 aliphatic heterocycles. The van der Waals surface area contributed by atoms with Crippen LogP contribution < -0.4 is 10.6 Å². The van der Waals surface area contributed by atoms with E-state index in [1.54, 1.807) is 11.3 Å². The van der Waals surface area contributed by atoms with E-state index in [4.69, 9.17) is 0 Å². The number of unbranched alkanes of at least 4 members (excludes halogenated alkanes) is 1. The van der Waals surface area contributed by atoms with Gasteiger partial charge < -0.3 is 10.6 Å². The fraction of sp³-hybridized carbons (Fsp3) is 0.444. The number of benzene rings is 1. The maximum absolute atomic E-state index is 4.49. The average Bonchev–Trinajstić information content (AvgIpc) is 2.99. The lowest BCUT2D eigenvalue weighted by Crippen LogP contribution is -2.39. The van der Waals surface area contributed by atoms with Gasteiger partial charge >= 0.3 is 0 Å². The van der Waals surface area contributed by atoms with Gasteiger partial charge in [0, 0.05) is 24.7 Å². The van der Waals surface area contributed by atoms with Crippen LogP contribution in [0.3, 0.4) is 0 Å². The number of guanidine groups is 1. The van der Waals surface area contributed by atoms with Crippen molar-refractivity contribution in [3.8, 4) is 0 Å². The average molecular weight is 458 g/mol. The molecule has 132 valence electrons. The van der Waals surface area contributed by atoms with Crippen molar-refractivity contribution in [3.05, 3.63) is 52.0 Å². The quantitative estimate of drug-likeness (QED) is 0.281. The van der Waals surface area contributed by atoms with E-state index < -0.39 is 0 Å². The van der Waals surface area contributed by atoms with Crippen molar-refractivity contribution >= 4 is 41.3 Å². The highest BCUT2D eigenvalue weighted by Gasteiger charge is 2.06. The predicted octanol–water partition coefficient (Wildman–Crippen LogP) is 4.32. The van der Waals surface area contributed by atoms with Gasteiger partial charge in [-0.3, -0.25) is 4.99 Å². The first-order chi connectivity index (χ1) is 11.2. The minimum Gasteiger partial charge on any atom is -0.356 e. The second-order valence-electron chi connectivity index (χ2n) is 5.62. The van der Waals surface area contributed by atoms with E-state index in [9.17, 15) is 0 Å². The summed E-state index contributed by atoms with van der Waals surface area (Å²) in [4.78, 5) is 8.79. The molecule has 4 nitrogen and oxygen atoms in total. The normalized spacial score (nSPS) is 12.4. The summed E-state index contributed by atoms with van der Waals surface area (Å²) >= 11 is 1.76. The number of hydrogen-bond acceptors (Lipinski definition) is 3. The number of halogens is 1. The van der Waals surface area contributed by atoms with Gasteiger partial charge in [0.2, 0.25) is 0 Å². The second-order valence-corrected chi connectivity index (χ2v) is 6.56. The molecule has 0 radical (unpaired) electrons. The highest BCUT2D eigenvalue weighted by molar-refractivity contribution is 14.0. The summed E-state index contributed by atoms with van der Waals surface area (Å²) in [5.74, 6) is 0.853. The van der Waals surface area contributed by atoms with E-state index in [0.717, 1.165) is 37.5 Å². The highest BCUT2D eigenvalue weighted by Crippen LogP contribution is 2.12. The van der Waals surface area contributed by atoms with E-state index in [2.05, 4.69) is 57.2 Å². The number of nitrogens with one attached hydrogen (secondary N) is 2. The van der Waals surface area contributed by atoms with E-state index in [-0.39, 0.29) is 30.0 Å². The number of aliphatic imine (C=N–C) groups is 1. The van der Waals surface area contributed by atoms with Gasteiger partial charge in [0.05, 0.1) is 11.0 Å². The Bertz CT molecular complexity index is 612. The number of aromatic nitrogens is 1. The third kappa shape index (κ3) is 7.17. The van der Waals surface area contributed by atoms with Crippen LogP contribution in [0.15, 0.2) is 40.7 Å². The molecule has 1 heterocycles. The molecule has 1 unspecified atom stereocenters. The van der Waals surface area contributed by atoms with Crippen molar-refractivity contribution in [2.45, 2.75) is 39.2 Å². The van der Waals surface area contributed by atoms with E-state index in [1.807, 2.05) is 20.0 Å². The Morgan fingerprint density at radius 1 is 1.25 bits per heavy atom. The number of hydrogen-bond donors (Lipinski definition) is 2. The predicted molar refractivity (Wildman–Crippen MR) is 115 cm³/mol. The molecule has 0 aliphatic carbocycles. The topological polar surface area (TPSA) is 49.3 Å². The lowest BCUT2D eigenvalue weighted by Gasteiger charge is -2.18. The molecule has 0 aliphatic rings. The minimum absolute atomic E-state index is 0. The van der Waals surface area contributed by atoms with Crippen molar-refractivity contribution < 1.29 is 0 Å². The molecule has 2 aromatic rings. The van der Waals surface area contributed by atoms with Crippen LogP contribution in [0.25, 0.3) is 0 Å². The number of rotatable bonds is 7. The molecule has 1 atom stereocenters. The zero-order chi connectivity index (χ0) is 16.5. The van der Waals surface area contributed by atoms with Crippen LogP contribution in [0.1, 0.15) is 42.1 Å². The van der Waals surface area contributed by atoms with Gasteiger partial charge in [-0.05, 0) is 38.7 Å². The van der Waals surface area contributed by atoms with Gasteiger partial charge in [0.1, 0.15) is 0 Å². The number of nitrogens with zero attached hydrogens (tertiary/aromatic N) is 2. The summed E-state index contributed by atoms with van der Waals surface area (Å²) in [7, 11) is 1.81. The Morgan fingerprint density at radius 3 is 2.62 bits per heavy atom. The molecular weight excluding hydrogens is 431 g/mol. The summed E-state index contributed by atoms with van der Waals surface area (Å²) in [6, 6.07) is 10.6. The van der Waals surface area contributed by atoms with Crippen molar-refractivity contribution in [3.63, 3.8) is 0 Å². The molecule has 0 amide bonds. The van der Waals surface area contributed by atoms with Crippen molar-refractivity contribution in [2.75, 3.05) is 13.6 Å². The maximum atomic E-state index is 4.49. The summed E-state index contributed by atoms with van der Waals surface area (Å²) in [5.41, 5.74) is 2.39. The van der Waals surface area contributed by atoms with Crippen LogP contribution in [0, 0.1) is 6.92 Å². The molecular formula is C18H27IN4S. The van der Waals surface area contributed by atoms with Crippen LogP contribution in [-0.2, 0) is 6.42 Å². The lowest BCUT2D eigenvalue weighted by atomic mass is 10.1. The fourth-order valence-corrected chi connectivity index (χ4v) is 3.17. The minimum atomic E-state index is 0. The van der Waals surface area contributed by atoms with Crippen molar-refractivity contribution in [1.29, 1.82) is 0 Å². The zero-order valence-electron chi connectivity index (χ0n) is 14.6. The first-order valence-corrected chi connectivity index (χ1v) is 9.00. The first-order valence-electron chi connectivity index (χ1n) is 8.12. The number of aryl methyl sites for hydroxylation is 2.